The van der Waals surface area contributed by atoms with Gasteiger partial charge in [-0.15, -0.1) is 0 Å². The van der Waals surface area contributed by atoms with E-state index in [0.29, 0.717) is 0 Å². The highest BCUT2D eigenvalue weighted by Crippen LogP contribution is 2.23. The third-order valence-electron chi connectivity index (χ3n) is 3.38. The molecule has 0 aromatic carbocycles. The van der Waals surface area contributed by atoms with Gasteiger partial charge in [0.1, 0.15) is 0 Å². The Labute approximate surface area is 127 Å². The van der Waals surface area contributed by atoms with E-state index in [0.717, 1.165) is 35.1 Å². The third kappa shape index (κ3) is 3.45. The zero-order valence-electron chi connectivity index (χ0n) is 11.8. The molecule has 0 aliphatic rings. The summed E-state index contributed by atoms with van der Waals surface area (Å²) < 4.78 is 3.02. The molecule has 0 bridgehead atoms. The van der Waals surface area contributed by atoms with Crippen LogP contribution in [-0.2, 0) is 26.3 Å². The van der Waals surface area contributed by atoms with Gasteiger partial charge >= 0.3 is 0 Å². The predicted molar refractivity (Wildman–Crippen MR) is 83.0 cm³/mol. The van der Waals surface area contributed by atoms with Gasteiger partial charge in [-0.05, 0) is 40.4 Å². The lowest BCUT2D eigenvalue weighted by atomic mass is 10.0. The van der Waals surface area contributed by atoms with Crippen molar-refractivity contribution in [2.24, 2.45) is 12.9 Å². The summed E-state index contributed by atoms with van der Waals surface area (Å²) in [6.07, 6.45) is 6.22. The topological polar surface area (TPSA) is 68.8 Å². The number of hydrogen-bond donors (Lipinski definition) is 2. The number of hydrazine groups is 1. The average Bonchev–Trinajstić information content (AvgIpc) is 2.74. The van der Waals surface area contributed by atoms with Crippen LogP contribution in [0.25, 0.3) is 0 Å². The predicted octanol–water partition coefficient (Wildman–Crippen LogP) is 1.76. The van der Waals surface area contributed by atoms with Crippen molar-refractivity contribution in [2.45, 2.75) is 32.2 Å². The Morgan fingerprint density at radius 1 is 1.45 bits per heavy atom. The normalized spacial score (nSPS) is 12.6. The zero-order valence-corrected chi connectivity index (χ0v) is 13.4. The summed E-state index contributed by atoms with van der Waals surface area (Å²) in [5.74, 6) is 5.69. The van der Waals surface area contributed by atoms with Gasteiger partial charge in [0.05, 0.1) is 15.9 Å². The Kier molecular flexibility index (Phi) is 5.28. The quantitative estimate of drug-likeness (QED) is 0.622. The molecule has 0 saturated carbocycles. The van der Waals surface area contributed by atoms with E-state index in [4.69, 9.17) is 5.84 Å². The number of nitrogens with two attached hydrogens (primary N) is 1. The molecule has 2 aromatic heterocycles. The van der Waals surface area contributed by atoms with Crippen molar-refractivity contribution in [3.05, 3.63) is 46.0 Å². The van der Waals surface area contributed by atoms with Crippen molar-refractivity contribution in [3.63, 3.8) is 0 Å². The number of nitrogens with zero attached hydrogens (tertiary/aromatic N) is 3. The zero-order chi connectivity index (χ0) is 14.5. The molecule has 0 amide bonds. The Morgan fingerprint density at radius 2 is 2.25 bits per heavy atom. The van der Waals surface area contributed by atoms with Crippen LogP contribution in [0.5, 0.6) is 0 Å². The monoisotopic (exact) mass is 337 g/mol. The first-order valence-corrected chi connectivity index (χ1v) is 7.50. The minimum atomic E-state index is 0.149. The van der Waals surface area contributed by atoms with E-state index < -0.39 is 0 Å². The van der Waals surface area contributed by atoms with Crippen LogP contribution in [0.4, 0.5) is 0 Å². The molecule has 3 N–H and O–H groups in total. The lowest BCUT2D eigenvalue weighted by molar-refractivity contribution is 0.504. The summed E-state index contributed by atoms with van der Waals surface area (Å²) in [5.41, 5.74) is 6.31. The minimum absolute atomic E-state index is 0.149. The van der Waals surface area contributed by atoms with E-state index >= 15 is 0 Å². The van der Waals surface area contributed by atoms with Crippen LogP contribution in [0.15, 0.2) is 29.0 Å². The van der Waals surface area contributed by atoms with E-state index in [2.05, 4.69) is 44.4 Å². The van der Waals surface area contributed by atoms with Crippen LogP contribution in [0.3, 0.4) is 0 Å². The Bertz CT molecular complexity index is 552. The highest BCUT2D eigenvalue weighted by Gasteiger charge is 2.17. The number of aryl methyl sites for hydroxylation is 2. The molecule has 5 nitrogen and oxygen atoms in total. The lowest BCUT2D eigenvalue weighted by Crippen LogP contribution is -2.39. The van der Waals surface area contributed by atoms with E-state index in [1.807, 2.05) is 24.0 Å². The highest BCUT2D eigenvalue weighted by molar-refractivity contribution is 9.10. The van der Waals surface area contributed by atoms with E-state index in [9.17, 15) is 0 Å². The first kappa shape index (κ1) is 15.2. The second-order valence-electron chi connectivity index (χ2n) is 4.82. The maximum atomic E-state index is 5.69. The molecule has 0 radical (unpaired) electrons. The lowest BCUT2D eigenvalue weighted by Gasteiger charge is -2.16. The summed E-state index contributed by atoms with van der Waals surface area (Å²) in [5, 5.41) is 4.51. The molecule has 2 aromatic rings. The number of rotatable bonds is 6. The van der Waals surface area contributed by atoms with Gasteiger partial charge in [-0.3, -0.25) is 20.9 Å². The largest absolute Gasteiger partial charge is 0.271 e. The average molecular weight is 338 g/mol. The maximum absolute atomic E-state index is 5.69. The van der Waals surface area contributed by atoms with E-state index in [-0.39, 0.29) is 6.04 Å². The summed E-state index contributed by atoms with van der Waals surface area (Å²) >= 11 is 3.64. The Balaban J connectivity index is 2.12. The van der Waals surface area contributed by atoms with Crippen molar-refractivity contribution >= 4 is 15.9 Å². The van der Waals surface area contributed by atoms with Crippen LogP contribution in [0, 0.1) is 0 Å². The van der Waals surface area contributed by atoms with Crippen LogP contribution in [-0.4, -0.2) is 20.8 Å². The van der Waals surface area contributed by atoms with Gasteiger partial charge in [0, 0.05) is 31.9 Å². The molecule has 2 rings (SSSR count). The third-order valence-corrected chi connectivity index (χ3v) is 4.30. The first-order chi connectivity index (χ1) is 9.65. The van der Waals surface area contributed by atoms with Crippen LogP contribution >= 0.6 is 15.9 Å². The fourth-order valence-corrected chi connectivity index (χ4v) is 3.05. The molecule has 0 spiro atoms. The number of nitrogens with one attached hydrogen (secondary N) is 1. The molecule has 0 fully saturated rings. The van der Waals surface area contributed by atoms with Crippen LogP contribution in [0.2, 0.25) is 0 Å². The van der Waals surface area contributed by atoms with Crippen molar-refractivity contribution in [3.8, 4) is 0 Å². The van der Waals surface area contributed by atoms with Gasteiger partial charge in [-0.25, -0.2) is 0 Å². The molecule has 1 atom stereocenters. The van der Waals surface area contributed by atoms with Gasteiger partial charge in [0.2, 0.25) is 0 Å². The fraction of sp³-hybridized carbons (Fsp3) is 0.429. The fourth-order valence-electron chi connectivity index (χ4n) is 2.27. The summed E-state index contributed by atoms with van der Waals surface area (Å²) in [7, 11) is 1.97. The van der Waals surface area contributed by atoms with Gasteiger partial charge in [-0.2, -0.15) is 5.10 Å². The molecule has 0 aliphatic carbocycles. The number of aromatic nitrogens is 3. The first-order valence-electron chi connectivity index (χ1n) is 6.71. The molecule has 6 heteroatoms. The summed E-state index contributed by atoms with van der Waals surface area (Å²) in [6.45, 7) is 2.10. The summed E-state index contributed by atoms with van der Waals surface area (Å²) in [6, 6.07) is 4.15. The highest BCUT2D eigenvalue weighted by atomic mass is 79.9. The second kappa shape index (κ2) is 6.97. The summed E-state index contributed by atoms with van der Waals surface area (Å²) in [4.78, 5) is 4.14. The number of hydrogen-bond acceptors (Lipinski definition) is 4. The Hall–Kier alpha value is -1.24. The van der Waals surface area contributed by atoms with Crippen LogP contribution in [0.1, 0.15) is 23.9 Å². The smallest absolute Gasteiger partial charge is 0.0766 e. The van der Waals surface area contributed by atoms with Gasteiger partial charge in [0.25, 0.3) is 0 Å². The standard InChI is InChI=1S/C14H20BrN5/c1-3-12-14(15)13(20(2)19-12)8-11(18-16)7-10-5-4-6-17-9-10/h4-6,9,11,18H,3,7-8,16H2,1-2H3. The molecule has 0 aliphatic heterocycles. The molecule has 1 unspecified atom stereocenters. The Morgan fingerprint density at radius 3 is 2.80 bits per heavy atom. The molecule has 2 heterocycles. The van der Waals surface area contributed by atoms with Crippen LogP contribution < -0.4 is 11.3 Å². The van der Waals surface area contributed by atoms with Gasteiger partial charge in [0.15, 0.2) is 0 Å². The second-order valence-corrected chi connectivity index (χ2v) is 5.61. The van der Waals surface area contributed by atoms with E-state index in [1.54, 1.807) is 6.20 Å². The molecular formula is C14H20BrN5. The maximum Gasteiger partial charge on any atom is 0.0766 e. The SMILES string of the molecule is CCc1nn(C)c(CC(Cc2cccnc2)NN)c1Br. The molecule has 20 heavy (non-hydrogen) atoms. The molecule has 0 saturated heterocycles. The molecular weight excluding hydrogens is 318 g/mol. The van der Waals surface area contributed by atoms with Crippen molar-refractivity contribution in [2.75, 3.05) is 0 Å². The van der Waals surface area contributed by atoms with Crippen molar-refractivity contribution in [1.29, 1.82) is 0 Å². The van der Waals surface area contributed by atoms with Gasteiger partial charge in [-0.1, -0.05) is 13.0 Å². The minimum Gasteiger partial charge on any atom is -0.271 e. The van der Waals surface area contributed by atoms with Crippen molar-refractivity contribution in [1.82, 2.24) is 20.2 Å². The number of halogens is 1. The van der Waals surface area contributed by atoms with Gasteiger partial charge < -0.3 is 0 Å². The van der Waals surface area contributed by atoms with E-state index in [1.165, 1.54) is 5.56 Å². The molecule has 108 valence electrons. The van der Waals surface area contributed by atoms with Crippen molar-refractivity contribution < 1.29 is 0 Å². The number of pyridine rings is 1.